The largest absolute Gasteiger partial charge is 0.461 e. The zero-order chi connectivity index (χ0) is 16.1. The molecule has 0 unspecified atom stereocenters. The van der Waals surface area contributed by atoms with Gasteiger partial charge in [-0.15, -0.1) is 12.4 Å². The van der Waals surface area contributed by atoms with Crippen molar-refractivity contribution in [2.45, 2.75) is 13.3 Å². The van der Waals surface area contributed by atoms with Gasteiger partial charge in [0.05, 0.1) is 18.7 Å². The first-order valence-corrected chi connectivity index (χ1v) is 6.97. The number of nitrogen functional groups attached to an aromatic ring is 1. The molecule has 7 heteroatoms. The number of hydrogen-bond acceptors (Lipinski definition) is 4. The van der Waals surface area contributed by atoms with E-state index in [1.54, 1.807) is 42.9 Å². The Morgan fingerprint density at radius 3 is 2.52 bits per heavy atom. The lowest BCUT2D eigenvalue weighted by atomic mass is 10.1. The zero-order valence-corrected chi connectivity index (χ0v) is 13.9. The number of nitrogens with one attached hydrogen (secondary N) is 1. The lowest BCUT2D eigenvalue weighted by molar-refractivity contribution is -0.115. The second-order valence-electron chi connectivity index (χ2n) is 4.91. The lowest BCUT2D eigenvalue weighted by Gasteiger charge is -2.03. The lowest BCUT2D eigenvalue weighted by Crippen LogP contribution is -2.14. The van der Waals surface area contributed by atoms with Crippen LogP contribution in [0.4, 0.5) is 11.4 Å². The summed E-state index contributed by atoms with van der Waals surface area (Å²) in [6.45, 7) is 2.05. The maximum Gasteiger partial charge on any atom is 0.355 e. The van der Waals surface area contributed by atoms with E-state index in [0.717, 1.165) is 5.56 Å². The SMILES string of the molecule is CCOC(=O)c1cc(NC(=O)Cc2ccc(N)cc2)cn1C.Cl. The maximum absolute atomic E-state index is 12.0. The standard InChI is InChI=1S/C16H19N3O3.ClH/c1-3-22-16(21)14-9-13(10-19(14)2)18-15(20)8-11-4-6-12(17)7-5-11;/h4-7,9-10H,3,8,17H2,1-2H3,(H,18,20);1H. The van der Waals surface area contributed by atoms with Gasteiger partial charge in [0.25, 0.3) is 0 Å². The van der Waals surface area contributed by atoms with Crippen molar-refractivity contribution in [2.24, 2.45) is 7.05 Å². The molecule has 1 aromatic heterocycles. The van der Waals surface area contributed by atoms with Crippen molar-refractivity contribution in [3.8, 4) is 0 Å². The Kier molecular flexibility index (Phi) is 6.65. The fourth-order valence-electron chi connectivity index (χ4n) is 2.07. The first kappa shape index (κ1) is 18.6. The highest BCUT2D eigenvalue weighted by atomic mass is 35.5. The number of rotatable bonds is 5. The van der Waals surface area contributed by atoms with Crippen LogP contribution in [0.15, 0.2) is 36.5 Å². The molecule has 0 fully saturated rings. The number of carbonyl (C=O) groups excluding carboxylic acids is 2. The molecule has 1 aromatic carbocycles. The van der Waals surface area contributed by atoms with E-state index in [1.165, 1.54) is 0 Å². The third-order valence-electron chi connectivity index (χ3n) is 3.12. The van der Waals surface area contributed by atoms with Crippen molar-refractivity contribution < 1.29 is 14.3 Å². The van der Waals surface area contributed by atoms with Crippen molar-refractivity contribution in [1.82, 2.24) is 4.57 Å². The molecule has 0 aliphatic carbocycles. The molecule has 0 aliphatic rings. The molecular formula is C16H20ClN3O3. The van der Waals surface area contributed by atoms with Crippen molar-refractivity contribution in [2.75, 3.05) is 17.7 Å². The summed E-state index contributed by atoms with van der Waals surface area (Å²) in [5.41, 5.74) is 8.09. The number of hydrogen-bond donors (Lipinski definition) is 2. The normalized spacial score (nSPS) is 9.83. The van der Waals surface area contributed by atoms with Gasteiger partial charge >= 0.3 is 5.97 Å². The topological polar surface area (TPSA) is 86.3 Å². The summed E-state index contributed by atoms with van der Waals surface area (Å²) in [5, 5.41) is 2.76. The molecule has 6 nitrogen and oxygen atoms in total. The Bertz CT molecular complexity index is 680. The highest BCUT2D eigenvalue weighted by molar-refractivity contribution is 5.95. The van der Waals surface area contributed by atoms with E-state index < -0.39 is 5.97 Å². The zero-order valence-electron chi connectivity index (χ0n) is 13.0. The number of nitrogens with zero attached hydrogens (tertiary/aromatic N) is 1. The number of aryl methyl sites for hydroxylation is 1. The van der Waals surface area contributed by atoms with Crippen LogP contribution in [0.25, 0.3) is 0 Å². The van der Waals surface area contributed by atoms with Crippen molar-refractivity contribution in [3.63, 3.8) is 0 Å². The molecule has 0 aliphatic heterocycles. The molecule has 3 N–H and O–H groups in total. The Hall–Kier alpha value is -2.47. The average molecular weight is 338 g/mol. The molecule has 0 spiro atoms. The van der Waals surface area contributed by atoms with Gasteiger partial charge in [0.1, 0.15) is 5.69 Å². The first-order chi connectivity index (χ1) is 10.5. The summed E-state index contributed by atoms with van der Waals surface area (Å²) in [6.07, 6.45) is 1.91. The van der Waals surface area contributed by atoms with Gasteiger partial charge in [-0.3, -0.25) is 4.79 Å². The van der Waals surface area contributed by atoms with Gasteiger partial charge in [-0.25, -0.2) is 4.79 Å². The maximum atomic E-state index is 12.0. The number of anilines is 2. The monoisotopic (exact) mass is 337 g/mol. The number of ether oxygens (including phenoxy) is 1. The number of halogens is 1. The van der Waals surface area contributed by atoms with Crippen LogP contribution in [-0.2, 0) is 23.0 Å². The summed E-state index contributed by atoms with van der Waals surface area (Å²) < 4.78 is 6.57. The highest BCUT2D eigenvalue weighted by Gasteiger charge is 2.14. The van der Waals surface area contributed by atoms with E-state index in [1.807, 2.05) is 12.1 Å². The van der Waals surface area contributed by atoms with Gasteiger partial charge in [-0.05, 0) is 30.7 Å². The van der Waals surface area contributed by atoms with Crippen LogP contribution < -0.4 is 11.1 Å². The molecule has 1 amide bonds. The molecule has 0 saturated carbocycles. The number of amides is 1. The van der Waals surface area contributed by atoms with Crippen LogP contribution >= 0.6 is 12.4 Å². The van der Waals surface area contributed by atoms with Crippen LogP contribution in [0, 0.1) is 0 Å². The molecular weight excluding hydrogens is 318 g/mol. The average Bonchev–Trinajstić information content (AvgIpc) is 2.82. The van der Waals surface area contributed by atoms with Crippen LogP contribution in [0.2, 0.25) is 0 Å². The Morgan fingerprint density at radius 1 is 1.26 bits per heavy atom. The van der Waals surface area contributed by atoms with E-state index in [-0.39, 0.29) is 24.7 Å². The molecule has 0 radical (unpaired) electrons. The second-order valence-corrected chi connectivity index (χ2v) is 4.91. The minimum atomic E-state index is -0.413. The van der Waals surface area contributed by atoms with E-state index in [2.05, 4.69) is 5.32 Å². The number of benzene rings is 1. The molecule has 124 valence electrons. The number of carbonyl (C=O) groups is 2. The van der Waals surface area contributed by atoms with E-state index >= 15 is 0 Å². The summed E-state index contributed by atoms with van der Waals surface area (Å²) in [6, 6.07) is 8.72. The predicted molar refractivity (Wildman–Crippen MR) is 91.8 cm³/mol. The third kappa shape index (κ3) is 5.03. The minimum Gasteiger partial charge on any atom is -0.461 e. The van der Waals surface area contributed by atoms with E-state index in [0.29, 0.717) is 23.7 Å². The first-order valence-electron chi connectivity index (χ1n) is 6.97. The smallest absolute Gasteiger partial charge is 0.355 e. The minimum absolute atomic E-state index is 0. The third-order valence-corrected chi connectivity index (χ3v) is 3.12. The number of esters is 1. The van der Waals surface area contributed by atoms with Gasteiger partial charge in [0.15, 0.2) is 0 Å². The molecule has 0 saturated heterocycles. The molecule has 0 atom stereocenters. The van der Waals surface area contributed by atoms with Gasteiger partial charge in [-0.2, -0.15) is 0 Å². The van der Waals surface area contributed by atoms with Crippen LogP contribution in [0.3, 0.4) is 0 Å². The Morgan fingerprint density at radius 2 is 1.91 bits per heavy atom. The van der Waals surface area contributed by atoms with E-state index in [9.17, 15) is 9.59 Å². The van der Waals surface area contributed by atoms with Crippen LogP contribution in [0.1, 0.15) is 23.0 Å². The summed E-state index contributed by atoms with van der Waals surface area (Å²) in [5.74, 6) is -0.574. The molecule has 2 rings (SSSR count). The number of aromatic nitrogens is 1. The number of nitrogens with two attached hydrogens (primary N) is 1. The predicted octanol–water partition coefficient (Wildman–Crippen LogP) is 2.39. The highest BCUT2D eigenvalue weighted by Crippen LogP contribution is 2.15. The fraction of sp³-hybridized carbons (Fsp3) is 0.250. The summed E-state index contributed by atoms with van der Waals surface area (Å²) in [7, 11) is 1.72. The van der Waals surface area contributed by atoms with Crippen LogP contribution in [-0.4, -0.2) is 23.1 Å². The van der Waals surface area contributed by atoms with Gasteiger partial charge in [0, 0.05) is 18.9 Å². The molecule has 2 aromatic rings. The second kappa shape index (κ2) is 8.24. The Balaban J connectivity index is 0.00000264. The van der Waals surface area contributed by atoms with Crippen molar-refractivity contribution in [1.29, 1.82) is 0 Å². The fourth-order valence-corrected chi connectivity index (χ4v) is 2.07. The van der Waals surface area contributed by atoms with Gasteiger partial charge in [-0.1, -0.05) is 12.1 Å². The van der Waals surface area contributed by atoms with Gasteiger partial charge in [0.2, 0.25) is 5.91 Å². The Labute approximate surface area is 141 Å². The van der Waals surface area contributed by atoms with Crippen LogP contribution in [0.5, 0.6) is 0 Å². The molecule has 1 heterocycles. The molecule has 23 heavy (non-hydrogen) atoms. The summed E-state index contributed by atoms with van der Waals surface area (Å²) >= 11 is 0. The van der Waals surface area contributed by atoms with Crippen molar-refractivity contribution in [3.05, 3.63) is 47.8 Å². The molecule has 0 bridgehead atoms. The quantitative estimate of drug-likeness (QED) is 0.648. The van der Waals surface area contributed by atoms with Gasteiger partial charge < -0.3 is 20.4 Å². The summed E-state index contributed by atoms with van der Waals surface area (Å²) in [4.78, 5) is 23.7. The van der Waals surface area contributed by atoms with Crippen molar-refractivity contribution >= 4 is 35.7 Å². The van der Waals surface area contributed by atoms with E-state index in [4.69, 9.17) is 10.5 Å².